The van der Waals surface area contributed by atoms with Crippen LogP contribution in [0.2, 0.25) is 0 Å². The van der Waals surface area contributed by atoms with E-state index in [9.17, 15) is 4.79 Å². The molecular formula is C14H14O3. The molecule has 0 saturated heterocycles. The Morgan fingerprint density at radius 2 is 2.12 bits per heavy atom. The summed E-state index contributed by atoms with van der Waals surface area (Å²) in [5, 5.41) is 0. The van der Waals surface area contributed by atoms with E-state index in [2.05, 4.69) is 0 Å². The highest BCUT2D eigenvalue weighted by molar-refractivity contribution is 6.08. The molecule has 0 aliphatic carbocycles. The number of ketones is 1. The largest absolute Gasteiger partial charge is 0.501 e. The van der Waals surface area contributed by atoms with Crippen LogP contribution >= 0.6 is 0 Å². The summed E-state index contributed by atoms with van der Waals surface area (Å²) in [4.78, 5) is 12.2. The van der Waals surface area contributed by atoms with Gasteiger partial charge >= 0.3 is 0 Å². The highest BCUT2D eigenvalue weighted by Gasteiger charge is 2.18. The minimum Gasteiger partial charge on any atom is -0.501 e. The molecule has 3 nitrogen and oxygen atoms in total. The van der Waals surface area contributed by atoms with Gasteiger partial charge in [-0.3, -0.25) is 4.79 Å². The van der Waals surface area contributed by atoms with E-state index in [4.69, 9.17) is 9.47 Å². The lowest BCUT2D eigenvalue weighted by molar-refractivity contribution is 0.101. The summed E-state index contributed by atoms with van der Waals surface area (Å²) in [6.45, 7) is 1.44. The minimum atomic E-state index is 0.0828. The van der Waals surface area contributed by atoms with Crippen molar-refractivity contribution >= 4 is 5.78 Å². The Morgan fingerprint density at radius 3 is 2.94 bits per heavy atom. The maximum Gasteiger partial charge on any atom is 0.192 e. The summed E-state index contributed by atoms with van der Waals surface area (Å²) in [5.74, 6) is 0.995. The lowest BCUT2D eigenvalue weighted by atomic mass is 9.98. The molecule has 0 fully saturated rings. The summed E-state index contributed by atoms with van der Waals surface area (Å²) in [6, 6.07) is 5.67. The van der Waals surface area contributed by atoms with Gasteiger partial charge in [0.2, 0.25) is 0 Å². The van der Waals surface area contributed by atoms with Gasteiger partial charge in [-0.15, -0.1) is 0 Å². The molecule has 1 aromatic rings. The maximum atomic E-state index is 12.2. The number of allylic oxidation sites excluding steroid dienone is 1. The molecule has 1 aromatic carbocycles. The molecule has 17 heavy (non-hydrogen) atoms. The molecule has 2 aliphatic rings. The van der Waals surface area contributed by atoms with Crippen molar-refractivity contribution in [2.75, 3.05) is 13.2 Å². The van der Waals surface area contributed by atoms with Gasteiger partial charge in [0.1, 0.15) is 5.75 Å². The first-order chi connectivity index (χ1) is 8.34. The fourth-order valence-corrected chi connectivity index (χ4v) is 2.24. The Hall–Kier alpha value is -1.77. The van der Waals surface area contributed by atoms with Gasteiger partial charge < -0.3 is 9.47 Å². The average Bonchev–Trinajstić information content (AvgIpc) is 2.86. The van der Waals surface area contributed by atoms with Crippen LogP contribution in [0.3, 0.4) is 0 Å². The Labute approximate surface area is 100 Å². The second-order valence-electron chi connectivity index (χ2n) is 4.37. The first kappa shape index (κ1) is 10.4. The molecule has 0 atom stereocenters. The van der Waals surface area contributed by atoms with Crippen LogP contribution in [0.5, 0.6) is 5.75 Å². The zero-order valence-corrected chi connectivity index (χ0v) is 9.57. The average molecular weight is 230 g/mol. The van der Waals surface area contributed by atoms with E-state index in [0.29, 0.717) is 0 Å². The molecule has 0 spiro atoms. The molecule has 0 aromatic heterocycles. The van der Waals surface area contributed by atoms with E-state index < -0.39 is 0 Å². The summed E-state index contributed by atoms with van der Waals surface area (Å²) in [5.41, 5.74) is 2.65. The zero-order valence-electron chi connectivity index (χ0n) is 9.57. The first-order valence-corrected chi connectivity index (χ1v) is 5.96. The van der Waals surface area contributed by atoms with E-state index in [-0.39, 0.29) is 5.78 Å². The van der Waals surface area contributed by atoms with Crippen LogP contribution in [0, 0.1) is 0 Å². The minimum absolute atomic E-state index is 0.0828. The van der Waals surface area contributed by atoms with Crippen LogP contribution < -0.4 is 4.74 Å². The fourth-order valence-electron chi connectivity index (χ4n) is 2.24. The van der Waals surface area contributed by atoms with Gasteiger partial charge in [0.15, 0.2) is 5.78 Å². The predicted molar refractivity (Wildman–Crippen MR) is 63.2 cm³/mol. The van der Waals surface area contributed by atoms with Gasteiger partial charge in [-0.05, 0) is 36.6 Å². The van der Waals surface area contributed by atoms with Gasteiger partial charge in [0.25, 0.3) is 0 Å². The Kier molecular flexibility index (Phi) is 2.59. The molecular weight excluding hydrogens is 216 g/mol. The van der Waals surface area contributed by atoms with E-state index >= 15 is 0 Å². The molecule has 2 heterocycles. The van der Waals surface area contributed by atoms with E-state index in [1.54, 1.807) is 6.26 Å². The van der Waals surface area contributed by atoms with E-state index in [1.165, 1.54) is 0 Å². The number of benzene rings is 1. The van der Waals surface area contributed by atoms with Crippen molar-refractivity contribution < 1.29 is 14.3 Å². The fraction of sp³-hybridized carbons (Fsp3) is 0.357. The highest BCUT2D eigenvalue weighted by Crippen LogP contribution is 2.27. The van der Waals surface area contributed by atoms with Crippen LogP contribution in [0.15, 0.2) is 30.0 Å². The Bertz CT molecular complexity index is 488. The zero-order chi connectivity index (χ0) is 11.7. The van der Waals surface area contributed by atoms with Gasteiger partial charge in [-0.1, -0.05) is 0 Å². The number of hydrogen-bond donors (Lipinski definition) is 0. The van der Waals surface area contributed by atoms with Gasteiger partial charge in [-0.2, -0.15) is 0 Å². The highest BCUT2D eigenvalue weighted by atomic mass is 16.5. The molecule has 0 bridgehead atoms. The first-order valence-electron chi connectivity index (χ1n) is 5.96. The van der Waals surface area contributed by atoms with Gasteiger partial charge in [-0.25, -0.2) is 0 Å². The lowest BCUT2D eigenvalue weighted by Crippen LogP contribution is -2.09. The topological polar surface area (TPSA) is 35.5 Å². The number of carbonyl (C=O) groups is 1. The summed E-state index contributed by atoms with van der Waals surface area (Å²) < 4.78 is 10.6. The Balaban J connectivity index is 1.88. The third kappa shape index (κ3) is 1.93. The normalized spacial score (nSPS) is 17.8. The second-order valence-corrected chi connectivity index (χ2v) is 4.37. The number of rotatable bonds is 2. The van der Waals surface area contributed by atoms with Crippen molar-refractivity contribution in [3.63, 3.8) is 0 Å². The summed E-state index contributed by atoms with van der Waals surface area (Å²) >= 11 is 0. The molecule has 88 valence electrons. The van der Waals surface area contributed by atoms with Crippen LogP contribution in [0.25, 0.3) is 0 Å². The number of hydrogen-bond acceptors (Lipinski definition) is 3. The quantitative estimate of drug-likeness (QED) is 0.732. The molecule has 0 N–H and O–H groups in total. The SMILES string of the molecule is O=C(C1=COCCC1)c1ccc2c(c1)CCO2. The summed E-state index contributed by atoms with van der Waals surface area (Å²) in [6.07, 6.45) is 4.24. The van der Waals surface area contributed by atoms with E-state index in [0.717, 1.165) is 54.9 Å². The predicted octanol–water partition coefficient (Wildman–Crippen LogP) is 2.50. The Morgan fingerprint density at radius 1 is 1.18 bits per heavy atom. The van der Waals surface area contributed by atoms with Crippen molar-refractivity contribution in [1.82, 2.24) is 0 Å². The molecule has 3 rings (SSSR count). The smallest absolute Gasteiger partial charge is 0.192 e. The third-order valence-corrected chi connectivity index (χ3v) is 3.18. The van der Waals surface area contributed by atoms with Gasteiger partial charge in [0.05, 0.1) is 19.5 Å². The molecule has 0 saturated carbocycles. The van der Waals surface area contributed by atoms with Crippen molar-refractivity contribution in [2.24, 2.45) is 0 Å². The van der Waals surface area contributed by atoms with Gasteiger partial charge in [0, 0.05) is 17.6 Å². The second kappa shape index (κ2) is 4.24. The van der Waals surface area contributed by atoms with Crippen molar-refractivity contribution in [1.29, 1.82) is 0 Å². The van der Waals surface area contributed by atoms with E-state index in [1.807, 2.05) is 18.2 Å². The molecule has 3 heteroatoms. The number of Topliss-reactive ketones (excluding diaryl/α,β-unsaturated/α-hetero) is 1. The lowest BCUT2D eigenvalue weighted by Gasteiger charge is -2.12. The number of ether oxygens (including phenoxy) is 2. The number of carbonyl (C=O) groups excluding carboxylic acids is 1. The molecule has 0 amide bonds. The monoisotopic (exact) mass is 230 g/mol. The van der Waals surface area contributed by atoms with Crippen molar-refractivity contribution in [3.8, 4) is 5.75 Å². The third-order valence-electron chi connectivity index (χ3n) is 3.18. The molecule has 2 aliphatic heterocycles. The van der Waals surface area contributed by atoms with Crippen LogP contribution in [0.1, 0.15) is 28.8 Å². The summed E-state index contributed by atoms with van der Waals surface area (Å²) in [7, 11) is 0. The molecule has 0 unspecified atom stereocenters. The standard InChI is InChI=1S/C14H14O3/c15-14(12-2-1-6-16-9-12)11-3-4-13-10(8-11)5-7-17-13/h3-4,8-9H,1-2,5-7H2. The maximum absolute atomic E-state index is 12.2. The van der Waals surface area contributed by atoms with Crippen LogP contribution in [-0.4, -0.2) is 19.0 Å². The van der Waals surface area contributed by atoms with Crippen LogP contribution in [-0.2, 0) is 11.2 Å². The van der Waals surface area contributed by atoms with Crippen molar-refractivity contribution in [2.45, 2.75) is 19.3 Å². The van der Waals surface area contributed by atoms with Crippen LogP contribution in [0.4, 0.5) is 0 Å². The number of fused-ring (bicyclic) bond motifs is 1. The van der Waals surface area contributed by atoms with Crippen molar-refractivity contribution in [3.05, 3.63) is 41.2 Å². The molecule has 0 radical (unpaired) electrons.